The first-order chi connectivity index (χ1) is 4.43. The Labute approximate surface area is 58.8 Å². The van der Waals surface area contributed by atoms with Crippen LogP contribution in [0.1, 0.15) is 40.0 Å². The van der Waals surface area contributed by atoms with E-state index in [1.807, 2.05) is 13.8 Å². The third-order valence-corrected chi connectivity index (χ3v) is 1.60. The summed E-state index contributed by atoms with van der Waals surface area (Å²) in [7, 11) is 0. The van der Waals surface area contributed by atoms with Gasteiger partial charge >= 0.3 is 0 Å². The molecule has 0 aromatic rings. The molecule has 0 aliphatic heterocycles. The molecule has 1 rings (SSSR count). The highest BCUT2D eigenvalue weighted by molar-refractivity contribution is 4.74. The molecule has 0 radical (unpaired) electrons. The molecule has 1 N–H and O–H groups in total. The van der Waals surface area contributed by atoms with Crippen molar-refractivity contribution in [2.24, 2.45) is 0 Å². The van der Waals surface area contributed by atoms with Crippen molar-refractivity contribution in [1.29, 1.82) is 0 Å². The molecule has 1 heteroatoms. The Morgan fingerprint density at radius 2 is 1.89 bits per heavy atom. The van der Waals surface area contributed by atoms with Gasteiger partial charge in [0.2, 0.25) is 0 Å². The van der Waals surface area contributed by atoms with E-state index in [1.165, 1.54) is 19.3 Å². The van der Waals surface area contributed by atoms with E-state index in [2.05, 4.69) is 12.2 Å². The predicted octanol–water partition coefficient (Wildman–Crippen LogP) is 2.17. The van der Waals surface area contributed by atoms with Crippen molar-refractivity contribution < 1.29 is 0 Å². The van der Waals surface area contributed by atoms with Gasteiger partial charge in [-0.05, 0) is 19.4 Å². The number of nitrogens with one attached hydrogen (secondary N) is 1. The summed E-state index contributed by atoms with van der Waals surface area (Å²) >= 11 is 0. The lowest BCUT2D eigenvalue weighted by Crippen LogP contribution is -2.34. The predicted molar refractivity (Wildman–Crippen MR) is 42.7 cm³/mol. The lowest BCUT2D eigenvalue weighted by Gasteiger charge is -2.25. The molecule has 1 fully saturated rings. The van der Waals surface area contributed by atoms with Crippen LogP contribution in [0.3, 0.4) is 0 Å². The summed E-state index contributed by atoms with van der Waals surface area (Å²) in [5.41, 5.74) is 0. The van der Waals surface area contributed by atoms with Crippen molar-refractivity contribution in [3.63, 3.8) is 0 Å². The summed E-state index contributed by atoms with van der Waals surface area (Å²) in [5, 5.41) is 3.38. The minimum absolute atomic E-state index is 0.880. The minimum Gasteiger partial charge on any atom is -0.314 e. The van der Waals surface area contributed by atoms with Crippen LogP contribution in [0, 0.1) is 0 Å². The van der Waals surface area contributed by atoms with Gasteiger partial charge in [-0.1, -0.05) is 27.2 Å². The van der Waals surface area contributed by atoms with E-state index in [-0.39, 0.29) is 0 Å². The average Bonchev–Trinajstić information content (AvgIpc) is 1.84. The van der Waals surface area contributed by atoms with Crippen molar-refractivity contribution in [2.45, 2.75) is 46.1 Å². The maximum absolute atomic E-state index is 3.38. The van der Waals surface area contributed by atoms with Crippen LogP contribution < -0.4 is 5.32 Å². The van der Waals surface area contributed by atoms with Crippen LogP contribution in [-0.4, -0.2) is 12.6 Å². The number of hydrogen-bond acceptors (Lipinski definition) is 1. The Morgan fingerprint density at radius 3 is 2.00 bits per heavy atom. The fourth-order valence-electron chi connectivity index (χ4n) is 0.901. The summed E-state index contributed by atoms with van der Waals surface area (Å²) in [4.78, 5) is 0. The van der Waals surface area contributed by atoms with Crippen LogP contribution in [0.4, 0.5) is 0 Å². The monoisotopic (exact) mass is 129 g/mol. The topological polar surface area (TPSA) is 12.0 Å². The summed E-state index contributed by atoms with van der Waals surface area (Å²) in [6.45, 7) is 7.31. The summed E-state index contributed by atoms with van der Waals surface area (Å²) < 4.78 is 0. The Kier molecular flexibility index (Phi) is 6.06. The molecule has 1 aliphatic carbocycles. The van der Waals surface area contributed by atoms with Crippen molar-refractivity contribution in [2.75, 3.05) is 6.54 Å². The molecule has 1 nitrogen and oxygen atoms in total. The zero-order valence-corrected chi connectivity index (χ0v) is 6.91. The molecule has 0 saturated heterocycles. The van der Waals surface area contributed by atoms with Crippen LogP contribution in [0.2, 0.25) is 0 Å². The second-order valence-electron chi connectivity index (χ2n) is 2.19. The van der Waals surface area contributed by atoms with Crippen molar-refractivity contribution in [1.82, 2.24) is 5.32 Å². The number of hydrogen-bond donors (Lipinski definition) is 1. The van der Waals surface area contributed by atoms with E-state index in [9.17, 15) is 0 Å². The molecule has 0 aromatic carbocycles. The highest BCUT2D eigenvalue weighted by Crippen LogP contribution is 2.17. The fraction of sp³-hybridized carbons (Fsp3) is 1.00. The molecule has 1 saturated carbocycles. The van der Waals surface area contributed by atoms with Gasteiger partial charge in [-0.15, -0.1) is 0 Å². The van der Waals surface area contributed by atoms with E-state index in [1.54, 1.807) is 0 Å². The zero-order chi connectivity index (χ0) is 7.11. The normalized spacial score (nSPS) is 17.7. The zero-order valence-electron chi connectivity index (χ0n) is 6.91. The molecule has 0 heterocycles. The van der Waals surface area contributed by atoms with Gasteiger partial charge in [0.15, 0.2) is 0 Å². The Balaban J connectivity index is 0.000000291. The SMILES string of the molecule is CC.CCNC1CCC1. The smallest absolute Gasteiger partial charge is 0.00669 e. The molecule has 1 aliphatic rings. The largest absolute Gasteiger partial charge is 0.314 e. The Hall–Kier alpha value is -0.0400. The molecule has 0 atom stereocenters. The van der Waals surface area contributed by atoms with E-state index >= 15 is 0 Å². The van der Waals surface area contributed by atoms with Gasteiger partial charge in [0.1, 0.15) is 0 Å². The first-order valence-electron chi connectivity index (χ1n) is 4.17. The Bertz CT molecular complexity index is 48.5. The third kappa shape index (κ3) is 3.52. The molecular weight excluding hydrogens is 110 g/mol. The van der Waals surface area contributed by atoms with Crippen LogP contribution in [0.15, 0.2) is 0 Å². The molecular formula is C8H19N. The van der Waals surface area contributed by atoms with Gasteiger partial charge in [-0.25, -0.2) is 0 Å². The van der Waals surface area contributed by atoms with Crippen molar-refractivity contribution >= 4 is 0 Å². The van der Waals surface area contributed by atoms with E-state index < -0.39 is 0 Å². The summed E-state index contributed by atoms with van der Waals surface area (Å²) in [5.74, 6) is 0. The maximum Gasteiger partial charge on any atom is 0.00669 e. The highest BCUT2D eigenvalue weighted by Gasteiger charge is 2.14. The summed E-state index contributed by atoms with van der Waals surface area (Å²) in [6, 6.07) is 0.880. The van der Waals surface area contributed by atoms with Gasteiger partial charge in [0, 0.05) is 6.04 Å². The summed E-state index contributed by atoms with van der Waals surface area (Å²) in [6.07, 6.45) is 4.26. The minimum atomic E-state index is 0.880. The van der Waals surface area contributed by atoms with Gasteiger partial charge < -0.3 is 5.32 Å². The molecule has 56 valence electrons. The van der Waals surface area contributed by atoms with Gasteiger partial charge in [0.05, 0.1) is 0 Å². The molecule has 9 heavy (non-hydrogen) atoms. The fourth-order valence-corrected chi connectivity index (χ4v) is 0.901. The molecule has 0 amide bonds. The van der Waals surface area contributed by atoms with Gasteiger partial charge in [0.25, 0.3) is 0 Å². The van der Waals surface area contributed by atoms with E-state index in [0.717, 1.165) is 12.6 Å². The molecule has 0 unspecified atom stereocenters. The van der Waals surface area contributed by atoms with Crippen LogP contribution >= 0.6 is 0 Å². The highest BCUT2D eigenvalue weighted by atomic mass is 14.9. The van der Waals surface area contributed by atoms with Gasteiger partial charge in [-0.2, -0.15) is 0 Å². The van der Waals surface area contributed by atoms with Crippen molar-refractivity contribution in [3.8, 4) is 0 Å². The van der Waals surface area contributed by atoms with Crippen molar-refractivity contribution in [3.05, 3.63) is 0 Å². The van der Waals surface area contributed by atoms with Crippen LogP contribution in [0.5, 0.6) is 0 Å². The standard InChI is InChI=1S/C6H13N.C2H6/c1-2-7-6-4-3-5-6;1-2/h6-7H,2-5H2,1H3;1-2H3. The van der Waals surface area contributed by atoms with Crippen LogP contribution in [0.25, 0.3) is 0 Å². The van der Waals surface area contributed by atoms with Crippen LogP contribution in [-0.2, 0) is 0 Å². The van der Waals surface area contributed by atoms with E-state index in [4.69, 9.17) is 0 Å². The quantitative estimate of drug-likeness (QED) is 0.602. The first-order valence-corrected chi connectivity index (χ1v) is 4.17. The maximum atomic E-state index is 3.38. The lowest BCUT2D eigenvalue weighted by molar-refractivity contribution is 0.346. The number of rotatable bonds is 2. The van der Waals surface area contributed by atoms with Gasteiger partial charge in [-0.3, -0.25) is 0 Å². The molecule has 0 spiro atoms. The molecule has 0 aromatic heterocycles. The average molecular weight is 129 g/mol. The second-order valence-corrected chi connectivity index (χ2v) is 2.19. The lowest BCUT2D eigenvalue weighted by atomic mass is 9.93. The molecule has 0 bridgehead atoms. The third-order valence-electron chi connectivity index (χ3n) is 1.60. The second kappa shape index (κ2) is 6.09. The first kappa shape index (κ1) is 8.96. The Morgan fingerprint density at radius 1 is 1.33 bits per heavy atom. The van der Waals surface area contributed by atoms with E-state index in [0.29, 0.717) is 0 Å².